The fraction of sp³-hybridized carbons (Fsp3) is 0.468. The van der Waals surface area contributed by atoms with Gasteiger partial charge in [0.05, 0.1) is 56.9 Å². The van der Waals surface area contributed by atoms with Gasteiger partial charge in [0, 0.05) is 115 Å². The Morgan fingerprint density at radius 1 is 0.564 bits per heavy atom. The Morgan fingerprint density at radius 3 is 1.44 bits per heavy atom. The molecule has 0 radical (unpaired) electrons. The molecule has 6 aromatic carbocycles. The number of carbonyl (C=O) groups excluding carboxylic acids is 3. The van der Waals surface area contributed by atoms with Crippen molar-refractivity contribution in [3.05, 3.63) is 151 Å². The molecule has 0 aromatic heterocycles. The number of phenolic OH excluding ortho intramolecular Hbond substituents is 1. The molecule has 2 fully saturated rings. The van der Waals surface area contributed by atoms with Crippen molar-refractivity contribution >= 4 is 29.4 Å². The van der Waals surface area contributed by atoms with E-state index < -0.39 is 30.1 Å². The second-order valence-electron chi connectivity index (χ2n) is 27.1. The second kappa shape index (κ2) is 29.9. The predicted octanol–water partition coefficient (Wildman–Crippen LogP) is 9.33. The number of fused-ring (bicyclic) bond motifs is 18. The number of ether oxygens (including phenoxy) is 11. The summed E-state index contributed by atoms with van der Waals surface area (Å²) in [6.07, 6.45) is 3.90. The Kier molecular flexibility index (Phi) is 20.8. The van der Waals surface area contributed by atoms with Crippen molar-refractivity contribution in [2.24, 2.45) is 0 Å². The summed E-state index contributed by atoms with van der Waals surface area (Å²) in [7, 11) is 10.5. The van der Waals surface area contributed by atoms with Crippen molar-refractivity contribution in [2.75, 3.05) is 88.7 Å². The normalized spacial score (nSPS) is 23.1. The van der Waals surface area contributed by atoms with Crippen LogP contribution in [-0.4, -0.2) is 167 Å². The highest BCUT2D eigenvalue weighted by Crippen LogP contribution is 2.61. The maximum absolute atomic E-state index is 13.5. The third-order valence-corrected chi connectivity index (χ3v) is 21.8. The molecule has 3 N–H and O–H groups in total. The van der Waals surface area contributed by atoms with Gasteiger partial charge in [-0.1, -0.05) is 72.8 Å². The number of amides is 2. The molecule has 0 spiro atoms. The average Bonchev–Trinajstić information content (AvgIpc) is 1.35. The van der Waals surface area contributed by atoms with Crippen LogP contribution in [0.4, 0.5) is 0 Å². The number of methoxy groups -OCH3 is 4. The van der Waals surface area contributed by atoms with Crippen LogP contribution in [0.5, 0.6) is 57.5 Å². The average molecular weight is 1400 g/mol. The van der Waals surface area contributed by atoms with E-state index in [1.54, 1.807) is 28.4 Å². The van der Waals surface area contributed by atoms with Gasteiger partial charge in [0.1, 0.15) is 23.6 Å². The number of esters is 1. The zero-order chi connectivity index (χ0) is 71.1. The van der Waals surface area contributed by atoms with Gasteiger partial charge in [-0.25, -0.2) is 0 Å². The molecule has 0 saturated carbocycles. The molecule has 2 amide bonds. The molecular formula is C77H87ClN8O15. The van der Waals surface area contributed by atoms with Crippen molar-refractivity contribution in [1.29, 1.82) is 10.5 Å². The minimum Gasteiger partial charge on any atom is -0.507 e. The highest BCUT2D eigenvalue weighted by Gasteiger charge is 2.59. The summed E-state index contributed by atoms with van der Waals surface area (Å²) in [6.45, 7) is 8.17. The molecule has 4 bridgehead atoms. The molecule has 8 heterocycles. The fourth-order valence-corrected chi connectivity index (χ4v) is 17.5. The first-order valence-electron chi connectivity index (χ1n) is 34.4. The number of hydrogen-bond acceptors (Lipinski definition) is 21. The van der Waals surface area contributed by atoms with Gasteiger partial charge in [0.15, 0.2) is 59.6 Å². The number of nitriles is 2. The molecule has 101 heavy (non-hydrogen) atoms. The molecule has 24 heteroatoms. The Labute approximate surface area is 593 Å². The first kappa shape index (κ1) is 70.4. The molecule has 8 aliphatic rings. The molecule has 14 rings (SSSR count). The monoisotopic (exact) mass is 1400 g/mol. The number of halogens is 1. The molecule has 0 aliphatic carbocycles. The van der Waals surface area contributed by atoms with Gasteiger partial charge in [-0.15, -0.1) is 11.6 Å². The fourth-order valence-electron chi connectivity index (χ4n) is 17.3. The second-order valence-corrected chi connectivity index (χ2v) is 27.5. The number of aryl methyl sites for hydroxylation is 4. The smallest absolute Gasteiger partial charge is 0.312 e. The molecule has 6 aromatic rings. The van der Waals surface area contributed by atoms with Crippen molar-refractivity contribution < 1.29 is 71.6 Å². The van der Waals surface area contributed by atoms with Gasteiger partial charge in [-0.2, -0.15) is 10.5 Å². The van der Waals surface area contributed by atoms with Crippen molar-refractivity contribution in [2.45, 2.75) is 146 Å². The summed E-state index contributed by atoms with van der Waals surface area (Å²) >= 11 is 5.97. The minimum absolute atomic E-state index is 0.0103. The van der Waals surface area contributed by atoms with Crippen LogP contribution in [0.25, 0.3) is 0 Å². The van der Waals surface area contributed by atoms with Gasteiger partial charge in [-0.05, 0) is 114 Å². The van der Waals surface area contributed by atoms with Gasteiger partial charge >= 0.3 is 5.97 Å². The summed E-state index contributed by atoms with van der Waals surface area (Å²) in [5.74, 6) is 4.59. The number of aromatic hydroxyl groups is 1. The molecule has 10 atom stereocenters. The summed E-state index contributed by atoms with van der Waals surface area (Å²) < 4.78 is 65.4. The van der Waals surface area contributed by atoms with E-state index in [1.807, 2.05) is 88.4 Å². The maximum atomic E-state index is 13.5. The Morgan fingerprint density at radius 2 is 1.00 bits per heavy atom. The van der Waals surface area contributed by atoms with E-state index in [0.717, 1.165) is 66.8 Å². The number of likely N-dealkylation sites (N-methyl/N-ethyl adjacent to an activating group) is 2. The number of hydrogen-bond donors (Lipinski definition) is 3. The van der Waals surface area contributed by atoms with E-state index >= 15 is 0 Å². The Bertz CT molecular complexity index is 4240. The molecule has 2 saturated heterocycles. The number of piperazine rings is 2. The van der Waals surface area contributed by atoms with Crippen LogP contribution < -0.4 is 53.3 Å². The Hall–Kier alpha value is -9.04. The number of alkyl halides is 1. The largest absolute Gasteiger partial charge is 0.507 e. The van der Waals surface area contributed by atoms with Crippen LogP contribution >= 0.6 is 11.6 Å². The third-order valence-electron chi connectivity index (χ3n) is 21.6. The topological polar surface area (TPSA) is 258 Å². The number of carbonyl (C=O) groups is 3. The van der Waals surface area contributed by atoms with Crippen LogP contribution in [-0.2, 0) is 62.4 Å². The Balaban J connectivity index is 0.000000181. The van der Waals surface area contributed by atoms with Gasteiger partial charge in [-0.3, -0.25) is 34.0 Å². The zero-order valence-corrected chi connectivity index (χ0v) is 59.5. The van der Waals surface area contributed by atoms with Gasteiger partial charge in [0.25, 0.3) is 0 Å². The molecular weight excluding hydrogens is 1310 g/mol. The van der Waals surface area contributed by atoms with Crippen LogP contribution in [0.15, 0.2) is 72.8 Å². The third kappa shape index (κ3) is 12.7. The lowest BCUT2D eigenvalue weighted by Crippen LogP contribution is -2.68. The van der Waals surface area contributed by atoms with Crippen molar-refractivity contribution in [3.63, 3.8) is 0 Å². The highest BCUT2D eigenvalue weighted by molar-refractivity contribution is 6.18. The SMILES string of the molecule is COCOc1c(OC)c(C)cc2c1[C@@H]1C3Cc4c(O)c(C)c5c(c4[C@H](CNC(=O)CCc4ccccc4)N3[C@@H](C#N)[C@H](C2)N1C)OCO5.COCOc1c(OC)c(C)cc2c1[C@@H]1C3Cc4c(OC(=O)CCCl)c(C)c5c(c4[C@H](CNC(=O)CCc4ccccc4)N3[C@@H](C#N)[C@H](C2)N1C)OCO5. The summed E-state index contributed by atoms with van der Waals surface area (Å²) in [4.78, 5) is 49.0. The molecule has 2 unspecified atom stereocenters. The number of nitrogens with zero attached hydrogens (tertiary/aromatic N) is 6. The van der Waals surface area contributed by atoms with Gasteiger partial charge in [0.2, 0.25) is 25.4 Å². The van der Waals surface area contributed by atoms with Crippen LogP contribution in [0.2, 0.25) is 0 Å². The first-order chi connectivity index (χ1) is 49.0. The maximum Gasteiger partial charge on any atom is 0.312 e. The molecule has 532 valence electrons. The summed E-state index contributed by atoms with van der Waals surface area (Å²) in [6, 6.07) is 25.9. The first-order valence-corrected chi connectivity index (χ1v) is 34.9. The van der Waals surface area contributed by atoms with Crippen LogP contribution in [0.3, 0.4) is 0 Å². The standard InChI is InChI=1S/C40H45ClN4O8.C37H42N4O7/c1-22-15-25-16-27-29(18-42)45-28(35(44(27)3)33(25)39(36(22)49-5)50-20-48-4)17-26-34(30(45)19-43-31(46)12-11-24-9-7-6-8-10-24)40-38(51-21-52-40)23(2)37(26)53-32(47)13-14-41;1-20-13-23-14-25-27(16-38)41-26(32(40(25)3)30(23)36(34(20)45-5)46-18-44-4)15-24-31(37-35(47-19-48-37)21(2)33(24)43)28(41)17-39-29(42)12-11-22-9-7-6-8-10-22/h6-10,15,27-30,35H,11-14,16-17,19-21H2,1-5H3,(H,43,46);6-10,13,25-28,32,43H,11-12,14-15,17-19H2,1-5H3,(H,39,42)/t27-,28?,29-,30-,35-;25-,26?,27-,28-,32-/m00/s1. The van der Waals surface area contributed by atoms with Crippen LogP contribution in [0.1, 0.15) is 121 Å². The number of benzene rings is 6. The van der Waals surface area contributed by atoms with Crippen molar-refractivity contribution in [1.82, 2.24) is 30.2 Å². The zero-order valence-electron chi connectivity index (χ0n) is 58.7. The summed E-state index contributed by atoms with van der Waals surface area (Å²) in [5, 5.41) is 40.0. The van der Waals surface area contributed by atoms with Crippen molar-refractivity contribution in [3.8, 4) is 69.6 Å². The quantitative estimate of drug-likeness (QED) is 0.0262. The lowest BCUT2D eigenvalue weighted by Gasteiger charge is -2.60. The predicted molar refractivity (Wildman–Crippen MR) is 372 cm³/mol. The van der Waals surface area contributed by atoms with Gasteiger partial charge < -0.3 is 67.8 Å². The van der Waals surface area contributed by atoms with E-state index in [2.05, 4.69) is 68.6 Å². The minimum atomic E-state index is -0.568. The lowest BCUT2D eigenvalue weighted by atomic mass is 9.71. The molecule has 8 aliphatic heterocycles. The number of rotatable bonds is 21. The van der Waals surface area contributed by atoms with E-state index in [9.17, 15) is 30.0 Å². The number of nitrogens with one attached hydrogen (secondary N) is 2. The molecule has 23 nitrogen and oxygen atoms in total. The highest BCUT2D eigenvalue weighted by atomic mass is 35.5. The van der Waals surface area contributed by atoms with E-state index in [4.69, 9.17) is 63.7 Å². The van der Waals surface area contributed by atoms with E-state index in [-0.39, 0.29) is 106 Å². The lowest BCUT2D eigenvalue weighted by molar-refractivity contribution is -0.134. The van der Waals surface area contributed by atoms with E-state index in [0.29, 0.717) is 114 Å². The number of phenols is 1. The van der Waals surface area contributed by atoms with Crippen LogP contribution in [0, 0.1) is 50.4 Å². The summed E-state index contributed by atoms with van der Waals surface area (Å²) in [5.41, 5.74) is 12.5. The van der Waals surface area contributed by atoms with E-state index in [1.165, 1.54) is 0 Å².